The summed E-state index contributed by atoms with van der Waals surface area (Å²) in [6.45, 7) is 6.94. The van der Waals surface area contributed by atoms with Gasteiger partial charge in [0.2, 0.25) is 5.91 Å². The van der Waals surface area contributed by atoms with Gasteiger partial charge in [-0.05, 0) is 61.8 Å². The van der Waals surface area contributed by atoms with E-state index >= 15 is 0 Å². The number of carbonyl (C=O) groups is 2. The van der Waals surface area contributed by atoms with Crippen molar-refractivity contribution in [2.75, 3.05) is 26.2 Å². The molecule has 2 atom stereocenters. The first-order chi connectivity index (χ1) is 16.4. The van der Waals surface area contributed by atoms with Gasteiger partial charge in [-0.3, -0.25) is 19.5 Å². The Hall–Kier alpha value is -2.77. The number of pyridine rings is 1. The molecule has 1 saturated heterocycles. The van der Waals surface area contributed by atoms with Crippen molar-refractivity contribution < 1.29 is 14.7 Å². The zero-order valence-electron chi connectivity index (χ0n) is 20.2. The second-order valence-electron chi connectivity index (χ2n) is 9.80. The Morgan fingerprint density at radius 2 is 1.91 bits per heavy atom. The summed E-state index contributed by atoms with van der Waals surface area (Å²) in [6, 6.07) is 12.4. The number of fused-ring (bicyclic) bond motifs is 1. The van der Waals surface area contributed by atoms with E-state index in [1.54, 1.807) is 19.2 Å². The van der Waals surface area contributed by atoms with Crippen LogP contribution in [0, 0.1) is 5.92 Å². The number of aromatic nitrogens is 1. The number of β-amino-alcohol motifs (C(OH)–C–C–N with tert-alkyl or cyclic N) is 1. The van der Waals surface area contributed by atoms with Crippen molar-refractivity contribution in [3.63, 3.8) is 0 Å². The molecule has 4 rings (SSSR count). The fraction of sp³-hybridized carbons (Fsp3) is 0.519. The summed E-state index contributed by atoms with van der Waals surface area (Å²) < 4.78 is 0. The number of hydrogen-bond acceptors (Lipinski definition) is 5. The van der Waals surface area contributed by atoms with Crippen molar-refractivity contribution in [2.45, 2.75) is 58.2 Å². The van der Waals surface area contributed by atoms with Gasteiger partial charge in [-0.2, -0.15) is 0 Å². The van der Waals surface area contributed by atoms with Crippen LogP contribution in [0.2, 0.25) is 0 Å². The van der Waals surface area contributed by atoms with Crippen molar-refractivity contribution in [3.8, 4) is 0 Å². The highest BCUT2D eigenvalue weighted by molar-refractivity contribution is 5.94. The number of benzene rings is 1. The quantitative estimate of drug-likeness (QED) is 0.657. The molecule has 2 amide bonds. The first-order valence-electron chi connectivity index (χ1n) is 12.4. The van der Waals surface area contributed by atoms with Gasteiger partial charge in [0.15, 0.2) is 0 Å². The summed E-state index contributed by atoms with van der Waals surface area (Å²) in [5.74, 6) is 0.419. The zero-order chi connectivity index (χ0) is 24.1. The van der Waals surface area contributed by atoms with E-state index in [1.165, 1.54) is 11.1 Å². The Labute approximate surface area is 202 Å². The highest BCUT2D eigenvalue weighted by Gasteiger charge is 2.25. The van der Waals surface area contributed by atoms with E-state index in [0.29, 0.717) is 24.1 Å². The Morgan fingerprint density at radius 3 is 2.65 bits per heavy atom. The fourth-order valence-electron chi connectivity index (χ4n) is 5.10. The topological polar surface area (TPSA) is 85.8 Å². The predicted octanol–water partition coefficient (Wildman–Crippen LogP) is 2.42. The molecule has 7 heteroatoms. The number of rotatable bonds is 7. The summed E-state index contributed by atoms with van der Waals surface area (Å²) in [6.07, 6.45) is 4.75. The molecule has 182 valence electrons. The van der Waals surface area contributed by atoms with Crippen LogP contribution in [0.4, 0.5) is 0 Å². The van der Waals surface area contributed by atoms with Crippen LogP contribution in [-0.4, -0.2) is 70.0 Å². The van der Waals surface area contributed by atoms with E-state index in [9.17, 15) is 14.7 Å². The largest absolute Gasteiger partial charge is 0.390 e. The molecule has 0 bridgehead atoms. The molecule has 2 aromatic rings. The standard InChI is InChI=1S/C27H36N4O3/c1-19-13-22-5-3-4-6-24(22)17-31(19)18-26(33)16-29-27(34)23-7-10-28-25(15-23)14-21-8-11-30(12-9-21)20(2)32/h3-7,10,15,19,21,26,33H,8-9,11-14,16-18H2,1-2H3,(H,29,34)/t19?,26-/m0/s1. The van der Waals surface area contributed by atoms with E-state index in [-0.39, 0.29) is 18.4 Å². The fourth-order valence-corrected chi connectivity index (χ4v) is 5.10. The van der Waals surface area contributed by atoms with Crippen molar-refractivity contribution in [1.29, 1.82) is 0 Å². The molecular formula is C27H36N4O3. The van der Waals surface area contributed by atoms with Crippen LogP contribution < -0.4 is 5.32 Å². The van der Waals surface area contributed by atoms with Gasteiger partial charge in [0.25, 0.3) is 5.91 Å². The van der Waals surface area contributed by atoms with Crippen molar-refractivity contribution >= 4 is 11.8 Å². The van der Waals surface area contributed by atoms with Gasteiger partial charge in [-0.25, -0.2) is 0 Å². The van der Waals surface area contributed by atoms with Crippen molar-refractivity contribution in [1.82, 2.24) is 20.1 Å². The summed E-state index contributed by atoms with van der Waals surface area (Å²) in [4.78, 5) is 32.9. The highest BCUT2D eigenvalue weighted by Crippen LogP contribution is 2.23. The Morgan fingerprint density at radius 1 is 1.18 bits per heavy atom. The maximum Gasteiger partial charge on any atom is 0.251 e. The molecular weight excluding hydrogens is 428 g/mol. The number of likely N-dealkylation sites (tertiary alicyclic amines) is 1. The molecule has 7 nitrogen and oxygen atoms in total. The summed E-state index contributed by atoms with van der Waals surface area (Å²) in [5.41, 5.74) is 4.16. The maximum atomic E-state index is 12.7. The molecule has 1 aromatic heterocycles. The van der Waals surface area contributed by atoms with E-state index < -0.39 is 6.10 Å². The maximum absolute atomic E-state index is 12.7. The van der Waals surface area contributed by atoms with Crippen LogP contribution in [0.3, 0.4) is 0 Å². The van der Waals surface area contributed by atoms with Crippen LogP contribution in [0.1, 0.15) is 53.9 Å². The van der Waals surface area contributed by atoms with Gasteiger partial charge in [-0.15, -0.1) is 0 Å². The first-order valence-corrected chi connectivity index (χ1v) is 12.4. The zero-order valence-corrected chi connectivity index (χ0v) is 20.2. The molecule has 34 heavy (non-hydrogen) atoms. The van der Waals surface area contributed by atoms with Crippen LogP contribution >= 0.6 is 0 Å². The SMILES string of the molecule is CC(=O)N1CCC(Cc2cc(C(=O)NC[C@H](O)CN3Cc4ccccc4CC3C)ccn2)CC1. The Kier molecular flexibility index (Phi) is 7.95. The van der Waals surface area contributed by atoms with Crippen molar-refractivity contribution in [3.05, 3.63) is 65.0 Å². The minimum absolute atomic E-state index is 0.136. The van der Waals surface area contributed by atoms with Gasteiger partial charge in [0.1, 0.15) is 0 Å². The molecule has 2 aliphatic heterocycles. The number of amides is 2. The predicted molar refractivity (Wildman–Crippen MR) is 131 cm³/mol. The van der Waals surface area contributed by atoms with Gasteiger partial charge in [-0.1, -0.05) is 24.3 Å². The number of carbonyl (C=O) groups excluding carboxylic acids is 2. The van der Waals surface area contributed by atoms with Crippen LogP contribution in [0.5, 0.6) is 0 Å². The molecule has 0 saturated carbocycles. The van der Waals surface area contributed by atoms with E-state index in [2.05, 4.69) is 46.4 Å². The lowest BCUT2D eigenvalue weighted by atomic mass is 9.91. The van der Waals surface area contributed by atoms with E-state index in [1.807, 2.05) is 11.0 Å². The van der Waals surface area contributed by atoms with Gasteiger partial charge >= 0.3 is 0 Å². The average molecular weight is 465 g/mol. The van der Waals surface area contributed by atoms with Gasteiger partial charge in [0.05, 0.1) is 6.10 Å². The monoisotopic (exact) mass is 464 g/mol. The Balaban J connectivity index is 1.25. The lowest BCUT2D eigenvalue weighted by Crippen LogP contribution is -2.45. The normalized spacial score (nSPS) is 20.0. The number of nitrogens with zero attached hydrogens (tertiary/aromatic N) is 3. The number of hydrogen-bond donors (Lipinski definition) is 2. The summed E-state index contributed by atoms with van der Waals surface area (Å²) >= 11 is 0. The molecule has 1 fully saturated rings. The first kappa shape index (κ1) is 24.4. The van der Waals surface area contributed by atoms with Crippen LogP contribution in [0.15, 0.2) is 42.6 Å². The molecule has 2 aliphatic rings. The second kappa shape index (κ2) is 11.1. The summed E-state index contributed by atoms with van der Waals surface area (Å²) in [5, 5.41) is 13.5. The van der Waals surface area contributed by atoms with Crippen LogP contribution in [-0.2, 0) is 24.2 Å². The number of aliphatic hydroxyl groups excluding tert-OH is 1. The second-order valence-corrected chi connectivity index (χ2v) is 9.80. The molecule has 2 N–H and O–H groups in total. The van der Waals surface area contributed by atoms with Crippen molar-refractivity contribution in [2.24, 2.45) is 5.92 Å². The lowest BCUT2D eigenvalue weighted by Gasteiger charge is -2.36. The number of aliphatic hydroxyl groups is 1. The third kappa shape index (κ3) is 6.21. The molecule has 1 unspecified atom stereocenters. The number of piperidine rings is 1. The third-order valence-corrected chi connectivity index (χ3v) is 7.21. The van der Waals surface area contributed by atoms with Crippen LogP contribution in [0.25, 0.3) is 0 Å². The molecule has 0 spiro atoms. The smallest absolute Gasteiger partial charge is 0.251 e. The minimum Gasteiger partial charge on any atom is -0.390 e. The molecule has 0 radical (unpaired) electrons. The molecule has 1 aromatic carbocycles. The highest BCUT2D eigenvalue weighted by atomic mass is 16.3. The van der Waals surface area contributed by atoms with E-state index in [0.717, 1.165) is 51.0 Å². The summed E-state index contributed by atoms with van der Waals surface area (Å²) in [7, 11) is 0. The Bertz CT molecular complexity index is 1000. The van der Waals surface area contributed by atoms with Gasteiger partial charge in [0, 0.05) is 63.1 Å². The molecule has 3 heterocycles. The average Bonchev–Trinajstić information content (AvgIpc) is 2.83. The third-order valence-electron chi connectivity index (χ3n) is 7.21. The molecule has 0 aliphatic carbocycles. The lowest BCUT2D eigenvalue weighted by molar-refractivity contribution is -0.130. The van der Waals surface area contributed by atoms with Gasteiger partial charge < -0.3 is 15.3 Å². The minimum atomic E-state index is -0.635. The number of nitrogens with one attached hydrogen (secondary N) is 1. The van der Waals surface area contributed by atoms with E-state index in [4.69, 9.17) is 0 Å².